The van der Waals surface area contributed by atoms with E-state index in [1.807, 2.05) is 0 Å². The zero-order chi connectivity index (χ0) is 12.2. The van der Waals surface area contributed by atoms with E-state index < -0.39 is 15.7 Å². The molecule has 1 aromatic rings. The topological polar surface area (TPSA) is 69.4 Å². The first-order valence-electron chi connectivity index (χ1n) is 4.78. The van der Waals surface area contributed by atoms with Gasteiger partial charge in [-0.25, -0.2) is 18.7 Å². The fourth-order valence-electron chi connectivity index (χ4n) is 1.26. The molecule has 0 spiro atoms. The second-order valence-electron chi connectivity index (χ2n) is 3.45. The first-order valence-corrected chi connectivity index (χ1v) is 6.43. The summed E-state index contributed by atoms with van der Waals surface area (Å²) in [7, 11) is -3.37. The minimum Gasteiger partial charge on any atom is -0.305 e. The second kappa shape index (κ2) is 5.38. The normalized spacial score (nSPS) is 11.7. The molecule has 0 radical (unpaired) electrons. The Morgan fingerprint density at radius 3 is 2.69 bits per heavy atom. The molecule has 1 rings (SSSR count). The van der Waals surface area contributed by atoms with Crippen molar-refractivity contribution in [2.24, 2.45) is 5.90 Å². The summed E-state index contributed by atoms with van der Waals surface area (Å²) in [6, 6.07) is 3.75. The number of hydrogen-bond donors (Lipinski definition) is 1. The van der Waals surface area contributed by atoms with Crippen molar-refractivity contribution in [1.29, 1.82) is 0 Å². The molecular formula is C10H14FNO3S. The van der Waals surface area contributed by atoms with Crippen molar-refractivity contribution in [1.82, 2.24) is 0 Å². The van der Waals surface area contributed by atoms with Crippen LogP contribution in [0.5, 0.6) is 0 Å². The van der Waals surface area contributed by atoms with Crippen LogP contribution in [0, 0.1) is 12.7 Å². The minimum absolute atomic E-state index is 0.0602. The van der Waals surface area contributed by atoms with E-state index in [-0.39, 0.29) is 17.3 Å². The van der Waals surface area contributed by atoms with Gasteiger partial charge in [-0.05, 0) is 37.1 Å². The van der Waals surface area contributed by atoms with Crippen LogP contribution in [0.1, 0.15) is 12.0 Å². The molecule has 4 nitrogen and oxygen atoms in total. The van der Waals surface area contributed by atoms with Crippen molar-refractivity contribution in [3.63, 3.8) is 0 Å². The lowest BCUT2D eigenvalue weighted by molar-refractivity contribution is 0.139. The summed E-state index contributed by atoms with van der Waals surface area (Å²) >= 11 is 0. The first-order chi connectivity index (χ1) is 7.47. The number of halogens is 1. The van der Waals surface area contributed by atoms with Gasteiger partial charge in [0.05, 0.1) is 17.3 Å². The largest absolute Gasteiger partial charge is 0.305 e. The first kappa shape index (κ1) is 13.1. The van der Waals surface area contributed by atoms with Crippen molar-refractivity contribution in [2.75, 3.05) is 12.4 Å². The Morgan fingerprint density at radius 1 is 1.44 bits per heavy atom. The molecule has 90 valence electrons. The van der Waals surface area contributed by atoms with Crippen molar-refractivity contribution in [3.8, 4) is 0 Å². The highest BCUT2D eigenvalue weighted by molar-refractivity contribution is 7.91. The molecule has 0 aliphatic carbocycles. The summed E-state index contributed by atoms with van der Waals surface area (Å²) in [6.45, 7) is 1.71. The zero-order valence-electron chi connectivity index (χ0n) is 8.94. The molecule has 0 aromatic heterocycles. The van der Waals surface area contributed by atoms with Crippen LogP contribution < -0.4 is 5.90 Å². The van der Waals surface area contributed by atoms with Gasteiger partial charge in [-0.1, -0.05) is 0 Å². The Bertz CT molecular complexity index is 459. The predicted octanol–water partition coefficient (Wildman–Crippen LogP) is 1.19. The number of hydrogen-bond acceptors (Lipinski definition) is 4. The van der Waals surface area contributed by atoms with E-state index in [0.29, 0.717) is 12.0 Å². The third kappa shape index (κ3) is 3.26. The molecule has 0 unspecified atom stereocenters. The maximum absolute atomic E-state index is 13.0. The lowest BCUT2D eigenvalue weighted by Gasteiger charge is -2.05. The highest BCUT2D eigenvalue weighted by Gasteiger charge is 2.15. The molecule has 16 heavy (non-hydrogen) atoms. The van der Waals surface area contributed by atoms with Gasteiger partial charge in [-0.15, -0.1) is 0 Å². The van der Waals surface area contributed by atoms with E-state index >= 15 is 0 Å². The van der Waals surface area contributed by atoms with Gasteiger partial charge in [-0.2, -0.15) is 0 Å². The number of nitrogens with two attached hydrogens (primary N) is 1. The maximum Gasteiger partial charge on any atom is 0.178 e. The van der Waals surface area contributed by atoms with Gasteiger partial charge in [0.2, 0.25) is 0 Å². The summed E-state index contributed by atoms with van der Waals surface area (Å²) in [4.78, 5) is 4.42. The van der Waals surface area contributed by atoms with Crippen LogP contribution >= 0.6 is 0 Å². The fourth-order valence-corrected chi connectivity index (χ4v) is 2.63. The number of aryl methyl sites for hydroxylation is 1. The molecule has 0 heterocycles. The van der Waals surface area contributed by atoms with Gasteiger partial charge in [0, 0.05) is 0 Å². The maximum atomic E-state index is 13.0. The summed E-state index contributed by atoms with van der Waals surface area (Å²) in [5.41, 5.74) is 0.316. The van der Waals surface area contributed by atoms with Crippen molar-refractivity contribution >= 4 is 9.84 Å². The second-order valence-corrected chi connectivity index (χ2v) is 5.56. The minimum atomic E-state index is -3.37. The molecule has 0 bridgehead atoms. The Morgan fingerprint density at radius 2 is 2.12 bits per heavy atom. The van der Waals surface area contributed by atoms with Crippen LogP contribution in [0.3, 0.4) is 0 Å². The molecule has 0 amide bonds. The zero-order valence-corrected chi connectivity index (χ0v) is 9.76. The van der Waals surface area contributed by atoms with E-state index in [9.17, 15) is 12.8 Å². The van der Waals surface area contributed by atoms with Crippen LogP contribution in [0.4, 0.5) is 4.39 Å². The summed E-state index contributed by atoms with van der Waals surface area (Å²) in [6.07, 6.45) is 0.315. The predicted molar refractivity (Wildman–Crippen MR) is 57.9 cm³/mol. The van der Waals surface area contributed by atoms with Gasteiger partial charge in [0.1, 0.15) is 5.82 Å². The molecule has 0 aliphatic heterocycles. The molecule has 1 aromatic carbocycles. The molecule has 0 fully saturated rings. The highest BCUT2D eigenvalue weighted by Crippen LogP contribution is 2.16. The van der Waals surface area contributed by atoms with E-state index in [1.165, 1.54) is 19.1 Å². The van der Waals surface area contributed by atoms with Gasteiger partial charge in [-0.3, -0.25) is 0 Å². The number of benzene rings is 1. The van der Waals surface area contributed by atoms with Crippen molar-refractivity contribution in [3.05, 3.63) is 29.6 Å². The van der Waals surface area contributed by atoms with Gasteiger partial charge in [0.25, 0.3) is 0 Å². The summed E-state index contributed by atoms with van der Waals surface area (Å²) < 4.78 is 36.5. The number of sulfone groups is 1. The third-order valence-electron chi connectivity index (χ3n) is 2.16. The Hall–Kier alpha value is -0.980. The van der Waals surface area contributed by atoms with Crippen LogP contribution in [0.15, 0.2) is 23.1 Å². The van der Waals surface area contributed by atoms with Crippen LogP contribution in [-0.4, -0.2) is 20.8 Å². The smallest absolute Gasteiger partial charge is 0.178 e. The third-order valence-corrected chi connectivity index (χ3v) is 3.96. The molecular weight excluding hydrogens is 233 g/mol. The van der Waals surface area contributed by atoms with E-state index in [2.05, 4.69) is 4.84 Å². The Labute approximate surface area is 94.1 Å². The quantitative estimate of drug-likeness (QED) is 0.482. The molecule has 0 saturated heterocycles. The van der Waals surface area contributed by atoms with E-state index in [1.54, 1.807) is 0 Å². The highest BCUT2D eigenvalue weighted by atomic mass is 32.2. The Kier molecular flexibility index (Phi) is 4.40. The van der Waals surface area contributed by atoms with Gasteiger partial charge in [0.15, 0.2) is 9.84 Å². The molecule has 2 N–H and O–H groups in total. The standard InChI is InChI=1S/C10H14FNO3S/c1-8-7-9(3-4-10(8)11)16(13,14)6-2-5-15-12/h3-4,7H,2,5-6,12H2,1H3. The monoisotopic (exact) mass is 247 g/mol. The van der Waals surface area contributed by atoms with Gasteiger partial charge < -0.3 is 4.84 Å². The molecule has 0 saturated carbocycles. The Balaban J connectivity index is 2.86. The number of rotatable bonds is 5. The lowest BCUT2D eigenvalue weighted by atomic mass is 10.2. The fraction of sp³-hybridized carbons (Fsp3) is 0.400. The average Bonchev–Trinajstić information content (AvgIpc) is 2.22. The molecule has 0 aliphatic rings. The molecule has 0 atom stereocenters. The molecule has 6 heteroatoms. The van der Waals surface area contributed by atoms with Crippen LogP contribution in [0.2, 0.25) is 0 Å². The average molecular weight is 247 g/mol. The van der Waals surface area contributed by atoms with Crippen molar-refractivity contribution in [2.45, 2.75) is 18.2 Å². The van der Waals surface area contributed by atoms with Crippen molar-refractivity contribution < 1.29 is 17.6 Å². The lowest BCUT2D eigenvalue weighted by Crippen LogP contribution is -2.11. The van der Waals surface area contributed by atoms with Crippen LogP contribution in [0.25, 0.3) is 0 Å². The summed E-state index contributed by atoms with van der Waals surface area (Å²) in [5, 5.41) is 0. The SMILES string of the molecule is Cc1cc(S(=O)(=O)CCCON)ccc1F. The van der Waals surface area contributed by atoms with E-state index in [4.69, 9.17) is 5.90 Å². The van der Waals surface area contributed by atoms with E-state index in [0.717, 1.165) is 6.07 Å². The van der Waals surface area contributed by atoms with Crippen LogP contribution in [-0.2, 0) is 14.7 Å². The van der Waals surface area contributed by atoms with Gasteiger partial charge >= 0.3 is 0 Å². The summed E-state index contributed by atoms with van der Waals surface area (Å²) in [5.74, 6) is 4.32.